The highest BCUT2D eigenvalue weighted by atomic mass is 35.5. The van der Waals surface area contributed by atoms with Crippen LogP contribution in [0.2, 0.25) is 0 Å². The predicted molar refractivity (Wildman–Crippen MR) is 35.9 cm³/mol. The molecule has 0 spiro atoms. The molecule has 0 aromatic heterocycles. The SMILES string of the molecule is CC(C)C(O)C(Cl)=C(F)F. The van der Waals surface area contributed by atoms with Crippen LogP contribution in [0.5, 0.6) is 0 Å². The first-order chi connectivity index (χ1) is 4.46. The highest BCUT2D eigenvalue weighted by molar-refractivity contribution is 6.30. The van der Waals surface area contributed by atoms with Gasteiger partial charge in [-0.15, -0.1) is 0 Å². The van der Waals surface area contributed by atoms with Crippen LogP contribution in [-0.4, -0.2) is 11.2 Å². The number of aliphatic hydroxyl groups excluding tert-OH is 1. The third-order valence-corrected chi connectivity index (χ3v) is 1.44. The minimum atomic E-state index is -2.01. The molecule has 4 heteroatoms. The van der Waals surface area contributed by atoms with Gasteiger partial charge in [0.25, 0.3) is 6.08 Å². The highest BCUT2D eigenvalue weighted by Gasteiger charge is 2.17. The number of hydrogen-bond donors (Lipinski definition) is 1. The Balaban J connectivity index is 4.22. The van der Waals surface area contributed by atoms with E-state index < -0.39 is 17.2 Å². The number of hydrogen-bond acceptors (Lipinski definition) is 1. The van der Waals surface area contributed by atoms with Crippen molar-refractivity contribution in [3.63, 3.8) is 0 Å². The van der Waals surface area contributed by atoms with Crippen molar-refractivity contribution >= 4 is 11.6 Å². The van der Waals surface area contributed by atoms with Gasteiger partial charge in [-0.25, -0.2) is 0 Å². The fourth-order valence-corrected chi connectivity index (χ4v) is 0.656. The second-order valence-corrected chi connectivity index (χ2v) is 2.70. The lowest BCUT2D eigenvalue weighted by Crippen LogP contribution is -2.15. The Morgan fingerprint density at radius 3 is 1.90 bits per heavy atom. The molecule has 60 valence electrons. The van der Waals surface area contributed by atoms with Crippen LogP contribution in [0, 0.1) is 5.92 Å². The molecule has 0 radical (unpaired) electrons. The van der Waals surface area contributed by atoms with Crippen molar-refractivity contribution in [1.29, 1.82) is 0 Å². The first kappa shape index (κ1) is 9.85. The summed E-state index contributed by atoms with van der Waals surface area (Å²) in [6, 6.07) is 0. The van der Waals surface area contributed by atoms with Crippen molar-refractivity contribution < 1.29 is 13.9 Å². The van der Waals surface area contributed by atoms with Gasteiger partial charge in [-0.1, -0.05) is 25.4 Å². The van der Waals surface area contributed by atoms with Gasteiger partial charge in [-0.3, -0.25) is 0 Å². The van der Waals surface area contributed by atoms with E-state index in [4.69, 9.17) is 16.7 Å². The first-order valence-corrected chi connectivity index (χ1v) is 3.23. The van der Waals surface area contributed by atoms with E-state index in [2.05, 4.69) is 0 Å². The molecular formula is C6H9ClF2O. The van der Waals surface area contributed by atoms with Crippen molar-refractivity contribution in [3.8, 4) is 0 Å². The topological polar surface area (TPSA) is 20.2 Å². The summed E-state index contributed by atoms with van der Waals surface area (Å²) in [6.45, 7) is 3.21. The van der Waals surface area contributed by atoms with Crippen LogP contribution in [0.3, 0.4) is 0 Å². The lowest BCUT2D eigenvalue weighted by molar-refractivity contribution is 0.161. The molecule has 0 aromatic carbocycles. The summed E-state index contributed by atoms with van der Waals surface area (Å²) in [5.41, 5.74) is 0. The van der Waals surface area contributed by atoms with Crippen LogP contribution >= 0.6 is 11.6 Å². The molecule has 0 aliphatic rings. The number of aliphatic hydroxyl groups is 1. The maximum atomic E-state index is 11.6. The summed E-state index contributed by atoms with van der Waals surface area (Å²) in [6.07, 6.45) is -3.26. The Morgan fingerprint density at radius 1 is 1.40 bits per heavy atom. The molecule has 0 bridgehead atoms. The Hall–Kier alpha value is -0.150. The van der Waals surface area contributed by atoms with Gasteiger partial charge in [-0.2, -0.15) is 8.78 Å². The maximum Gasteiger partial charge on any atom is 0.287 e. The van der Waals surface area contributed by atoms with Gasteiger partial charge < -0.3 is 5.11 Å². The van der Waals surface area contributed by atoms with Crippen molar-refractivity contribution in [2.24, 2.45) is 5.92 Å². The number of halogens is 3. The molecule has 1 atom stereocenters. The summed E-state index contributed by atoms with van der Waals surface area (Å²) < 4.78 is 23.3. The molecule has 0 rings (SSSR count). The monoisotopic (exact) mass is 170 g/mol. The standard InChI is InChI=1S/C6H9ClF2O/c1-3(2)5(10)4(7)6(8)9/h3,5,10H,1-2H3. The summed E-state index contributed by atoms with van der Waals surface area (Å²) in [5.74, 6) is -0.283. The molecule has 0 saturated heterocycles. The summed E-state index contributed by atoms with van der Waals surface area (Å²) >= 11 is 5.04. The predicted octanol–water partition coefficient (Wildman–Crippen LogP) is 2.35. The summed E-state index contributed by atoms with van der Waals surface area (Å²) in [4.78, 5) is 0. The van der Waals surface area contributed by atoms with Crippen LogP contribution in [-0.2, 0) is 0 Å². The minimum Gasteiger partial charge on any atom is -0.387 e. The maximum absolute atomic E-state index is 11.6. The molecule has 1 N–H and O–H groups in total. The van der Waals surface area contributed by atoms with Gasteiger partial charge in [-0.05, 0) is 5.92 Å². The fourth-order valence-electron chi connectivity index (χ4n) is 0.404. The minimum absolute atomic E-state index is 0.283. The molecule has 0 aliphatic carbocycles. The zero-order valence-corrected chi connectivity index (χ0v) is 6.49. The van der Waals surface area contributed by atoms with Crippen LogP contribution in [0.4, 0.5) is 8.78 Å². The van der Waals surface area contributed by atoms with Crippen molar-refractivity contribution in [1.82, 2.24) is 0 Å². The summed E-state index contributed by atoms with van der Waals surface area (Å²) in [5, 5.41) is 8.14. The van der Waals surface area contributed by atoms with Crippen LogP contribution in [0.1, 0.15) is 13.8 Å². The van der Waals surface area contributed by atoms with Crippen molar-refractivity contribution in [2.45, 2.75) is 20.0 Å². The quantitative estimate of drug-likeness (QED) is 0.675. The lowest BCUT2D eigenvalue weighted by atomic mass is 10.1. The molecule has 1 unspecified atom stereocenters. The molecule has 0 fully saturated rings. The van der Waals surface area contributed by atoms with Gasteiger partial charge >= 0.3 is 0 Å². The molecule has 0 heterocycles. The van der Waals surface area contributed by atoms with E-state index in [1.807, 2.05) is 0 Å². The van der Waals surface area contributed by atoms with Gasteiger partial charge in [0.05, 0.1) is 6.10 Å². The molecule has 1 nitrogen and oxygen atoms in total. The second-order valence-electron chi connectivity index (χ2n) is 2.30. The average Bonchev–Trinajstić information content (AvgIpc) is 1.84. The number of rotatable bonds is 2. The van der Waals surface area contributed by atoms with E-state index >= 15 is 0 Å². The molecule has 0 aromatic rings. The van der Waals surface area contributed by atoms with E-state index in [0.717, 1.165) is 0 Å². The second kappa shape index (κ2) is 3.88. The van der Waals surface area contributed by atoms with E-state index in [0.29, 0.717) is 0 Å². The Morgan fingerprint density at radius 2 is 1.80 bits per heavy atom. The van der Waals surface area contributed by atoms with Gasteiger partial charge in [0.1, 0.15) is 5.03 Å². The zero-order valence-electron chi connectivity index (χ0n) is 5.74. The van der Waals surface area contributed by atoms with E-state index in [1.165, 1.54) is 0 Å². The van der Waals surface area contributed by atoms with Crippen LogP contribution < -0.4 is 0 Å². The molecule has 0 aliphatic heterocycles. The van der Waals surface area contributed by atoms with Gasteiger partial charge in [0, 0.05) is 0 Å². The van der Waals surface area contributed by atoms with Crippen LogP contribution in [0.25, 0.3) is 0 Å². The Kier molecular flexibility index (Phi) is 3.83. The lowest BCUT2D eigenvalue weighted by Gasteiger charge is -2.11. The Bertz CT molecular complexity index is 141. The van der Waals surface area contributed by atoms with Gasteiger partial charge in [0.2, 0.25) is 0 Å². The first-order valence-electron chi connectivity index (χ1n) is 2.85. The largest absolute Gasteiger partial charge is 0.387 e. The average molecular weight is 171 g/mol. The molecule has 0 amide bonds. The third-order valence-electron chi connectivity index (χ3n) is 1.07. The fraction of sp³-hybridized carbons (Fsp3) is 0.667. The molecule has 10 heavy (non-hydrogen) atoms. The molecule has 0 saturated carbocycles. The normalized spacial score (nSPS) is 13.5. The van der Waals surface area contributed by atoms with Crippen molar-refractivity contribution in [3.05, 3.63) is 11.1 Å². The molecular weight excluding hydrogens is 162 g/mol. The van der Waals surface area contributed by atoms with E-state index in [1.54, 1.807) is 13.8 Å². The van der Waals surface area contributed by atoms with E-state index in [9.17, 15) is 8.78 Å². The van der Waals surface area contributed by atoms with E-state index in [-0.39, 0.29) is 5.92 Å². The van der Waals surface area contributed by atoms with Gasteiger partial charge in [0.15, 0.2) is 0 Å². The van der Waals surface area contributed by atoms with Crippen molar-refractivity contribution in [2.75, 3.05) is 0 Å². The zero-order chi connectivity index (χ0) is 8.31. The Labute approximate surface area is 63.3 Å². The third kappa shape index (κ3) is 2.62. The van der Waals surface area contributed by atoms with Crippen LogP contribution in [0.15, 0.2) is 11.1 Å². The summed E-state index contributed by atoms with van der Waals surface area (Å²) in [7, 11) is 0. The smallest absolute Gasteiger partial charge is 0.287 e. The highest BCUT2D eigenvalue weighted by Crippen LogP contribution is 2.21.